The van der Waals surface area contributed by atoms with E-state index in [0.717, 1.165) is 5.25 Å². The van der Waals surface area contributed by atoms with Crippen LogP contribution in [0.15, 0.2) is 0 Å². The van der Waals surface area contributed by atoms with Crippen molar-refractivity contribution < 1.29 is 0 Å². The lowest BCUT2D eigenvalue weighted by molar-refractivity contribution is 0.437. The zero-order chi connectivity index (χ0) is 8.97. The van der Waals surface area contributed by atoms with Gasteiger partial charge in [-0.05, 0) is 33.4 Å². The molecule has 72 valence electrons. The molecule has 0 heterocycles. The average Bonchev–Trinajstić information content (AvgIpc) is 2.35. The maximum atomic E-state index is 5.83. The van der Waals surface area contributed by atoms with E-state index < -0.39 is 0 Å². The molecule has 0 aliphatic heterocycles. The smallest absolute Gasteiger partial charge is 0.00663 e. The Labute approximate surface area is 79.9 Å². The summed E-state index contributed by atoms with van der Waals surface area (Å²) in [6, 6.07) is 0.488. The van der Waals surface area contributed by atoms with E-state index in [9.17, 15) is 0 Å². The first kappa shape index (κ1) is 10.4. The van der Waals surface area contributed by atoms with Gasteiger partial charge in [0.1, 0.15) is 0 Å². The van der Waals surface area contributed by atoms with Crippen molar-refractivity contribution >= 4 is 11.8 Å². The quantitative estimate of drug-likeness (QED) is 0.718. The van der Waals surface area contributed by atoms with Gasteiger partial charge in [0.15, 0.2) is 0 Å². The number of nitrogens with zero attached hydrogens (tertiary/aromatic N) is 1. The summed E-state index contributed by atoms with van der Waals surface area (Å²) in [6.07, 6.45) is 3.80. The lowest BCUT2D eigenvalue weighted by Crippen LogP contribution is -2.17. The molecule has 2 atom stereocenters. The fourth-order valence-electron chi connectivity index (χ4n) is 1.53. The van der Waals surface area contributed by atoms with E-state index in [-0.39, 0.29) is 0 Å². The first-order chi connectivity index (χ1) is 5.68. The molecule has 1 rings (SSSR count). The number of hydrogen-bond acceptors (Lipinski definition) is 3. The van der Waals surface area contributed by atoms with Crippen molar-refractivity contribution in [3.8, 4) is 0 Å². The van der Waals surface area contributed by atoms with Gasteiger partial charge < -0.3 is 10.6 Å². The highest BCUT2D eigenvalue weighted by Gasteiger charge is 2.21. The Balaban J connectivity index is 2.00. The van der Waals surface area contributed by atoms with Gasteiger partial charge in [-0.3, -0.25) is 0 Å². The Morgan fingerprint density at radius 2 is 2.17 bits per heavy atom. The van der Waals surface area contributed by atoms with Crippen LogP contribution in [0.1, 0.15) is 19.3 Å². The van der Waals surface area contributed by atoms with Crippen LogP contribution in [-0.4, -0.2) is 42.6 Å². The van der Waals surface area contributed by atoms with Gasteiger partial charge in [0.05, 0.1) is 0 Å². The normalized spacial score (nSPS) is 30.0. The monoisotopic (exact) mass is 188 g/mol. The van der Waals surface area contributed by atoms with Gasteiger partial charge in [0.2, 0.25) is 0 Å². The number of thioether (sulfide) groups is 1. The summed E-state index contributed by atoms with van der Waals surface area (Å²) >= 11 is 2.09. The molecule has 2 N–H and O–H groups in total. The maximum Gasteiger partial charge on any atom is 0.00663 e. The van der Waals surface area contributed by atoms with Gasteiger partial charge in [-0.15, -0.1) is 0 Å². The van der Waals surface area contributed by atoms with Crippen LogP contribution in [-0.2, 0) is 0 Å². The Bertz CT molecular complexity index is 128. The Hall–Kier alpha value is 0.270. The van der Waals surface area contributed by atoms with Gasteiger partial charge in [-0.1, -0.05) is 0 Å². The molecular weight excluding hydrogens is 168 g/mol. The fraction of sp³-hybridized carbons (Fsp3) is 1.00. The largest absolute Gasteiger partial charge is 0.328 e. The molecule has 0 saturated heterocycles. The minimum atomic E-state index is 0.488. The highest BCUT2D eigenvalue weighted by molar-refractivity contribution is 7.99. The first-order valence-electron chi connectivity index (χ1n) is 4.70. The van der Waals surface area contributed by atoms with Crippen molar-refractivity contribution in [2.75, 3.05) is 26.4 Å². The number of rotatable bonds is 4. The molecule has 0 spiro atoms. The summed E-state index contributed by atoms with van der Waals surface area (Å²) in [4.78, 5) is 2.24. The fourth-order valence-corrected chi connectivity index (χ4v) is 3.02. The highest BCUT2D eigenvalue weighted by Crippen LogP contribution is 2.28. The maximum absolute atomic E-state index is 5.83. The van der Waals surface area contributed by atoms with Crippen LogP contribution in [0.3, 0.4) is 0 Å². The topological polar surface area (TPSA) is 29.3 Å². The standard InChI is InChI=1S/C9H20N2S/c1-11(2)5-6-12-9-4-3-8(10)7-9/h8-9H,3-7,10H2,1-2H3. The number of hydrogen-bond donors (Lipinski definition) is 1. The van der Waals surface area contributed by atoms with E-state index >= 15 is 0 Å². The van der Waals surface area contributed by atoms with Gasteiger partial charge in [0.25, 0.3) is 0 Å². The van der Waals surface area contributed by atoms with Crippen molar-refractivity contribution in [3.05, 3.63) is 0 Å². The van der Waals surface area contributed by atoms with Crippen LogP contribution in [0, 0.1) is 0 Å². The van der Waals surface area contributed by atoms with Crippen LogP contribution in [0.25, 0.3) is 0 Å². The molecule has 3 heteroatoms. The summed E-state index contributed by atoms with van der Waals surface area (Å²) in [5.74, 6) is 1.25. The predicted octanol–water partition coefficient (Wildman–Crippen LogP) is 1.16. The van der Waals surface area contributed by atoms with E-state index in [1.807, 2.05) is 0 Å². The van der Waals surface area contributed by atoms with Crippen LogP contribution < -0.4 is 5.73 Å². The predicted molar refractivity (Wildman–Crippen MR) is 56.6 cm³/mol. The van der Waals surface area contributed by atoms with E-state index in [2.05, 4.69) is 30.8 Å². The molecule has 0 bridgehead atoms. The molecule has 0 aromatic carbocycles. The molecule has 0 aromatic rings. The minimum absolute atomic E-state index is 0.488. The summed E-state index contributed by atoms with van der Waals surface area (Å²) in [5.41, 5.74) is 5.83. The lowest BCUT2D eigenvalue weighted by atomic mass is 10.3. The summed E-state index contributed by atoms with van der Waals surface area (Å²) < 4.78 is 0. The Kier molecular flexibility index (Phi) is 4.40. The average molecular weight is 188 g/mol. The minimum Gasteiger partial charge on any atom is -0.328 e. The van der Waals surface area contributed by atoms with Gasteiger partial charge in [-0.2, -0.15) is 11.8 Å². The van der Waals surface area contributed by atoms with E-state index in [0.29, 0.717) is 6.04 Å². The van der Waals surface area contributed by atoms with Crippen molar-refractivity contribution in [1.82, 2.24) is 4.90 Å². The van der Waals surface area contributed by atoms with Gasteiger partial charge >= 0.3 is 0 Å². The number of nitrogens with two attached hydrogens (primary N) is 1. The van der Waals surface area contributed by atoms with Crippen molar-refractivity contribution in [2.24, 2.45) is 5.73 Å². The zero-order valence-corrected chi connectivity index (χ0v) is 8.94. The summed E-state index contributed by atoms with van der Waals surface area (Å²) in [7, 11) is 4.25. The molecule has 1 aliphatic carbocycles. The van der Waals surface area contributed by atoms with Gasteiger partial charge in [-0.25, -0.2) is 0 Å². The molecule has 0 amide bonds. The first-order valence-corrected chi connectivity index (χ1v) is 5.75. The van der Waals surface area contributed by atoms with Crippen LogP contribution in [0.4, 0.5) is 0 Å². The van der Waals surface area contributed by atoms with Gasteiger partial charge in [0, 0.05) is 23.6 Å². The van der Waals surface area contributed by atoms with Crippen LogP contribution in [0.5, 0.6) is 0 Å². The molecule has 1 aliphatic rings. The second kappa shape index (κ2) is 5.10. The second-order valence-corrected chi connectivity index (χ2v) is 5.28. The third-order valence-electron chi connectivity index (χ3n) is 2.32. The third kappa shape index (κ3) is 3.78. The van der Waals surface area contributed by atoms with Crippen LogP contribution >= 0.6 is 11.8 Å². The second-order valence-electron chi connectivity index (χ2n) is 3.87. The molecule has 2 nitrogen and oxygen atoms in total. The molecular formula is C9H20N2S. The highest BCUT2D eigenvalue weighted by atomic mass is 32.2. The van der Waals surface area contributed by atoms with E-state index in [4.69, 9.17) is 5.73 Å². The SMILES string of the molecule is CN(C)CCSC1CCC(N)C1. The molecule has 0 radical (unpaired) electrons. The molecule has 0 aromatic heterocycles. The Morgan fingerprint density at radius 1 is 1.42 bits per heavy atom. The van der Waals surface area contributed by atoms with E-state index in [1.165, 1.54) is 31.6 Å². The molecule has 1 fully saturated rings. The van der Waals surface area contributed by atoms with Crippen molar-refractivity contribution in [2.45, 2.75) is 30.6 Å². The summed E-state index contributed by atoms with van der Waals surface area (Å²) in [6.45, 7) is 1.19. The van der Waals surface area contributed by atoms with Crippen LogP contribution in [0.2, 0.25) is 0 Å². The molecule has 1 saturated carbocycles. The van der Waals surface area contributed by atoms with Crippen molar-refractivity contribution in [1.29, 1.82) is 0 Å². The van der Waals surface area contributed by atoms with E-state index in [1.54, 1.807) is 0 Å². The Morgan fingerprint density at radius 3 is 2.67 bits per heavy atom. The third-order valence-corrected chi connectivity index (χ3v) is 3.63. The summed E-state index contributed by atoms with van der Waals surface area (Å²) in [5, 5.41) is 0.847. The lowest BCUT2D eigenvalue weighted by Gasteiger charge is -2.12. The van der Waals surface area contributed by atoms with Crippen molar-refractivity contribution in [3.63, 3.8) is 0 Å². The zero-order valence-electron chi connectivity index (χ0n) is 8.12. The molecule has 2 unspecified atom stereocenters. The molecule has 12 heavy (non-hydrogen) atoms.